The Bertz CT molecular complexity index is 794. The molecule has 2 aromatic rings. The number of benzene rings is 1. The summed E-state index contributed by atoms with van der Waals surface area (Å²) >= 11 is 6.04. The first-order valence-corrected chi connectivity index (χ1v) is 8.12. The Kier molecular flexibility index (Phi) is 4.39. The van der Waals surface area contributed by atoms with Gasteiger partial charge in [0.1, 0.15) is 0 Å². The molecule has 2 heterocycles. The van der Waals surface area contributed by atoms with Crippen molar-refractivity contribution in [3.8, 4) is 0 Å². The molecule has 0 fully saturated rings. The number of nitrogens with zero attached hydrogens (tertiary/aromatic N) is 2. The van der Waals surface area contributed by atoms with Crippen LogP contribution in [0.5, 0.6) is 0 Å². The van der Waals surface area contributed by atoms with E-state index in [4.69, 9.17) is 11.6 Å². The van der Waals surface area contributed by atoms with E-state index >= 15 is 0 Å². The van der Waals surface area contributed by atoms with E-state index in [0.29, 0.717) is 28.4 Å². The highest BCUT2D eigenvalue weighted by Gasteiger charge is 2.50. The second-order valence-corrected chi connectivity index (χ2v) is 6.25. The summed E-state index contributed by atoms with van der Waals surface area (Å²) in [6.45, 7) is 2.42. The number of hydrogen-bond donors (Lipinski definition) is 1. The quantitative estimate of drug-likeness (QED) is 0.846. The van der Waals surface area contributed by atoms with Gasteiger partial charge in [0.25, 0.3) is 5.91 Å². The van der Waals surface area contributed by atoms with Crippen LogP contribution in [0, 0.1) is 0 Å². The Morgan fingerprint density at radius 3 is 2.67 bits per heavy atom. The summed E-state index contributed by atoms with van der Waals surface area (Å²) in [6, 6.07) is 8.07. The molecule has 0 unspecified atom stereocenters. The van der Waals surface area contributed by atoms with Gasteiger partial charge >= 0.3 is 0 Å². The Hall–Kier alpha value is -2.24. The first kappa shape index (κ1) is 16.6. The Labute approximate surface area is 144 Å². The standard InChI is InChI=1S/C18H17ClN2O3/c1-2-9-21-15-4-3-13(19)10-14(15)18(24,17(21)23)11-16(22)12-5-7-20-8-6-12/h3-8,10,24H,2,9,11H2,1H3/t18-/m1/s1. The smallest absolute Gasteiger partial charge is 0.264 e. The van der Waals surface area contributed by atoms with Gasteiger partial charge in [0.05, 0.1) is 12.1 Å². The van der Waals surface area contributed by atoms with Gasteiger partial charge in [-0.15, -0.1) is 0 Å². The molecule has 0 saturated carbocycles. The molecule has 124 valence electrons. The lowest BCUT2D eigenvalue weighted by Crippen LogP contribution is -2.42. The zero-order valence-electron chi connectivity index (χ0n) is 13.2. The van der Waals surface area contributed by atoms with Crippen molar-refractivity contribution in [1.29, 1.82) is 0 Å². The fraction of sp³-hybridized carbons (Fsp3) is 0.278. The fourth-order valence-electron chi connectivity index (χ4n) is 3.01. The van der Waals surface area contributed by atoms with E-state index in [9.17, 15) is 14.7 Å². The number of halogens is 1. The lowest BCUT2D eigenvalue weighted by Gasteiger charge is -2.22. The van der Waals surface area contributed by atoms with Gasteiger partial charge < -0.3 is 10.0 Å². The van der Waals surface area contributed by atoms with E-state index < -0.39 is 11.5 Å². The highest BCUT2D eigenvalue weighted by atomic mass is 35.5. The predicted octanol–water partition coefficient (Wildman–Crippen LogP) is 2.95. The van der Waals surface area contributed by atoms with Gasteiger partial charge in [-0.05, 0) is 36.8 Å². The molecule has 24 heavy (non-hydrogen) atoms. The SMILES string of the molecule is CCCN1C(=O)[C@@](O)(CC(=O)c2ccncc2)c2cc(Cl)ccc21. The molecule has 1 amide bonds. The summed E-state index contributed by atoms with van der Waals surface area (Å²) in [7, 11) is 0. The van der Waals surface area contributed by atoms with Crippen molar-refractivity contribution >= 4 is 29.0 Å². The van der Waals surface area contributed by atoms with Gasteiger partial charge in [-0.25, -0.2) is 0 Å². The first-order chi connectivity index (χ1) is 11.5. The predicted molar refractivity (Wildman–Crippen MR) is 91.2 cm³/mol. The summed E-state index contributed by atoms with van der Waals surface area (Å²) in [5, 5.41) is 11.5. The van der Waals surface area contributed by atoms with Gasteiger partial charge in [-0.1, -0.05) is 18.5 Å². The fourth-order valence-corrected chi connectivity index (χ4v) is 3.18. The zero-order valence-corrected chi connectivity index (χ0v) is 14.0. The third kappa shape index (κ3) is 2.70. The highest BCUT2D eigenvalue weighted by Crippen LogP contribution is 2.44. The third-order valence-electron chi connectivity index (χ3n) is 4.16. The second-order valence-electron chi connectivity index (χ2n) is 5.81. The maximum Gasteiger partial charge on any atom is 0.264 e. The summed E-state index contributed by atoms with van der Waals surface area (Å²) in [4.78, 5) is 30.7. The van der Waals surface area contributed by atoms with E-state index in [1.54, 1.807) is 30.3 Å². The Morgan fingerprint density at radius 1 is 1.29 bits per heavy atom. The van der Waals surface area contributed by atoms with Crippen LogP contribution in [0.1, 0.15) is 35.7 Å². The molecule has 0 radical (unpaired) electrons. The number of Topliss-reactive ketones (excluding diaryl/α,β-unsaturated/α-hetero) is 1. The van der Waals surface area contributed by atoms with Crippen LogP contribution in [0.2, 0.25) is 5.02 Å². The minimum atomic E-state index is -1.89. The summed E-state index contributed by atoms with van der Waals surface area (Å²) < 4.78 is 0. The van der Waals surface area contributed by atoms with Crippen molar-refractivity contribution in [3.63, 3.8) is 0 Å². The number of carbonyl (C=O) groups excluding carboxylic acids is 2. The second kappa shape index (κ2) is 6.34. The van der Waals surface area contributed by atoms with Crippen LogP contribution in [-0.2, 0) is 10.4 Å². The number of aliphatic hydroxyl groups is 1. The monoisotopic (exact) mass is 344 g/mol. The number of aromatic nitrogens is 1. The number of carbonyl (C=O) groups is 2. The molecule has 0 spiro atoms. The van der Waals surface area contributed by atoms with Gasteiger partial charge in [-0.2, -0.15) is 0 Å². The number of amides is 1. The van der Waals surface area contributed by atoms with Crippen molar-refractivity contribution < 1.29 is 14.7 Å². The normalized spacial score (nSPS) is 19.5. The Morgan fingerprint density at radius 2 is 2.00 bits per heavy atom. The van der Waals surface area contributed by atoms with Crippen LogP contribution in [0.15, 0.2) is 42.7 Å². The minimum Gasteiger partial charge on any atom is -0.375 e. The van der Waals surface area contributed by atoms with Crippen LogP contribution >= 0.6 is 11.6 Å². The van der Waals surface area contributed by atoms with Crippen molar-refractivity contribution in [2.24, 2.45) is 0 Å². The van der Waals surface area contributed by atoms with Crippen molar-refractivity contribution in [1.82, 2.24) is 4.98 Å². The largest absolute Gasteiger partial charge is 0.375 e. The molecule has 1 atom stereocenters. The van der Waals surface area contributed by atoms with Crippen LogP contribution in [0.25, 0.3) is 0 Å². The number of ketones is 1. The molecular weight excluding hydrogens is 328 g/mol. The topological polar surface area (TPSA) is 70.5 Å². The van der Waals surface area contributed by atoms with Crippen LogP contribution in [0.4, 0.5) is 5.69 Å². The summed E-state index contributed by atoms with van der Waals surface area (Å²) in [5.74, 6) is -0.804. The number of hydrogen-bond acceptors (Lipinski definition) is 4. The molecule has 3 rings (SSSR count). The summed E-state index contributed by atoms with van der Waals surface area (Å²) in [5.41, 5.74) is -0.494. The zero-order chi connectivity index (χ0) is 17.3. The van der Waals surface area contributed by atoms with E-state index in [2.05, 4.69) is 4.98 Å². The average Bonchev–Trinajstić information content (AvgIpc) is 2.78. The van der Waals surface area contributed by atoms with Crippen LogP contribution < -0.4 is 4.90 Å². The lowest BCUT2D eigenvalue weighted by atomic mass is 9.88. The van der Waals surface area contributed by atoms with E-state index in [1.165, 1.54) is 17.3 Å². The molecule has 1 N–H and O–H groups in total. The third-order valence-corrected chi connectivity index (χ3v) is 4.39. The lowest BCUT2D eigenvalue weighted by molar-refractivity contribution is -0.135. The molecule has 0 bridgehead atoms. The van der Waals surface area contributed by atoms with Crippen molar-refractivity contribution in [3.05, 3.63) is 58.9 Å². The van der Waals surface area contributed by atoms with E-state index in [1.807, 2.05) is 6.92 Å². The maximum absolute atomic E-state index is 12.8. The van der Waals surface area contributed by atoms with Gasteiger partial charge in [0.2, 0.25) is 0 Å². The minimum absolute atomic E-state index is 0.322. The Balaban J connectivity index is 2.01. The molecule has 1 aromatic heterocycles. The molecule has 0 aliphatic carbocycles. The number of anilines is 1. The van der Waals surface area contributed by atoms with E-state index in [0.717, 1.165) is 6.42 Å². The number of rotatable bonds is 5. The van der Waals surface area contributed by atoms with Crippen LogP contribution in [0.3, 0.4) is 0 Å². The van der Waals surface area contributed by atoms with Crippen molar-refractivity contribution in [2.45, 2.75) is 25.4 Å². The molecule has 5 nitrogen and oxygen atoms in total. The van der Waals surface area contributed by atoms with Crippen LogP contribution in [-0.4, -0.2) is 28.3 Å². The molecular formula is C18H17ClN2O3. The molecule has 1 aliphatic heterocycles. The maximum atomic E-state index is 12.8. The van der Waals surface area contributed by atoms with Crippen molar-refractivity contribution in [2.75, 3.05) is 11.4 Å². The van der Waals surface area contributed by atoms with Gasteiger partial charge in [-0.3, -0.25) is 14.6 Å². The van der Waals surface area contributed by atoms with Gasteiger partial charge in [0, 0.05) is 35.1 Å². The average molecular weight is 345 g/mol. The molecule has 6 heteroatoms. The number of pyridine rings is 1. The molecule has 1 aliphatic rings. The molecule has 0 saturated heterocycles. The summed E-state index contributed by atoms with van der Waals surface area (Å²) in [6.07, 6.45) is 3.41. The highest BCUT2D eigenvalue weighted by molar-refractivity contribution is 6.31. The molecule has 1 aromatic carbocycles. The first-order valence-electron chi connectivity index (χ1n) is 7.75. The van der Waals surface area contributed by atoms with Gasteiger partial charge in [0.15, 0.2) is 11.4 Å². The van der Waals surface area contributed by atoms with E-state index in [-0.39, 0.29) is 12.2 Å². The number of fused-ring (bicyclic) bond motifs is 1.